The minimum Gasteiger partial charge on any atom is -0.479 e. The number of hydrogen-bond acceptors (Lipinski definition) is 9. The molecule has 0 aliphatic carbocycles. The minimum absolute atomic E-state index is 0.243. The Morgan fingerprint density at radius 2 is 2.10 bits per heavy atom. The number of aliphatic hydroxyl groups is 3. The van der Waals surface area contributed by atoms with E-state index in [-0.39, 0.29) is 19.3 Å². The highest BCUT2D eigenvalue weighted by Gasteiger charge is 2.48. The highest BCUT2D eigenvalue weighted by atomic mass is 32.1. The van der Waals surface area contributed by atoms with Gasteiger partial charge in [0.15, 0.2) is 6.10 Å². The lowest BCUT2D eigenvalue weighted by atomic mass is 9.97. The van der Waals surface area contributed by atoms with Crippen LogP contribution in [0.3, 0.4) is 0 Å². The molecule has 160 valence electrons. The number of aromatic nitrogens is 2. The minimum atomic E-state index is -1.71. The molecule has 1 saturated heterocycles. The zero-order valence-electron chi connectivity index (χ0n) is 16.0. The number of likely N-dealkylation sites (N-methyl/N-ethyl adjacent to an activating group) is 1. The standard InChI is InChI=1S/C18H25N3O7S/c1-20(17-14(24)12(22)13(23)16(28-17)18(25)26)7-8-27-15(11-4-3-9-29-11)10-5-6-19-21(10)2/h3-6,9,12-17,22-24H,7-8H2,1-2H3,(H,25,26). The lowest BCUT2D eigenvalue weighted by Gasteiger charge is -2.42. The van der Waals surface area contributed by atoms with E-state index in [9.17, 15) is 25.2 Å². The summed E-state index contributed by atoms with van der Waals surface area (Å²) in [6, 6.07) is 5.77. The van der Waals surface area contributed by atoms with Crippen LogP contribution in [0.2, 0.25) is 0 Å². The van der Waals surface area contributed by atoms with Crippen molar-refractivity contribution in [1.82, 2.24) is 14.7 Å². The normalized spacial score (nSPS) is 28.6. The first-order valence-electron chi connectivity index (χ1n) is 9.07. The molecule has 6 atom stereocenters. The van der Waals surface area contributed by atoms with Crippen LogP contribution in [0.15, 0.2) is 29.8 Å². The second-order valence-electron chi connectivity index (χ2n) is 6.88. The second kappa shape index (κ2) is 9.30. The molecule has 29 heavy (non-hydrogen) atoms. The van der Waals surface area contributed by atoms with Crippen LogP contribution >= 0.6 is 11.3 Å². The van der Waals surface area contributed by atoms with E-state index in [1.807, 2.05) is 30.6 Å². The van der Waals surface area contributed by atoms with Crippen molar-refractivity contribution < 1.29 is 34.7 Å². The van der Waals surface area contributed by atoms with Gasteiger partial charge in [-0.25, -0.2) is 4.79 Å². The first kappa shape index (κ1) is 21.8. The first-order valence-corrected chi connectivity index (χ1v) is 9.94. The lowest BCUT2D eigenvalue weighted by Crippen LogP contribution is -2.63. The Labute approximate surface area is 171 Å². The van der Waals surface area contributed by atoms with Gasteiger partial charge in [0.1, 0.15) is 30.6 Å². The van der Waals surface area contributed by atoms with Crippen molar-refractivity contribution in [2.45, 2.75) is 36.7 Å². The molecule has 10 nitrogen and oxygen atoms in total. The molecule has 1 aliphatic rings. The predicted molar refractivity (Wildman–Crippen MR) is 102 cm³/mol. The van der Waals surface area contributed by atoms with E-state index in [4.69, 9.17) is 9.47 Å². The monoisotopic (exact) mass is 427 g/mol. The van der Waals surface area contributed by atoms with E-state index in [0.717, 1.165) is 10.6 Å². The van der Waals surface area contributed by atoms with Crippen LogP contribution in [0.4, 0.5) is 0 Å². The van der Waals surface area contributed by atoms with E-state index >= 15 is 0 Å². The first-order chi connectivity index (χ1) is 13.8. The summed E-state index contributed by atoms with van der Waals surface area (Å²) in [7, 11) is 3.45. The molecule has 0 amide bonds. The van der Waals surface area contributed by atoms with Crippen molar-refractivity contribution in [2.75, 3.05) is 20.2 Å². The van der Waals surface area contributed by atoms with Crippen molar-refractivity contribution in [1.29, 1.82) is 0 Å². The Bertz CT molecular complexity index is 799. The van der Waals surface area contributed by atoms with Crippen molar-refractivity contribution in [3.8, 4) is 0 Å². The third-order valence-corrected chi connectivity index (χ3v) is 5.84. The topological polar surface area (TPSA) is 138 Å². The molecule has 2 aromatic rings. The molecule has 0 radical (unpaired) electrons. The Morgan fingerprint density at radius 1 is 1.34 bits per heavy atom. The Kier molecular flexibility index (Phi) is 7.01. The van der Waals surface area contributed by atoms with Gasteiger partial charge in [-0.15, -0.1) is 11.3 Å². The highest BCUT2D eigenvalue weighted by molar-refractivity contribution is 7.10. The molecular formula is C18H25N3O7S. The molecule has 3 rings (SSSR count). The molecule has 11 heteroatoms. The van der Waals surface area contributed by atoms with Gasteiger partial charge in [-0.05, 0) is 24.6 Å². The van der Waals surface area contributed by atoms with Crippen LogP contribution in [0.25, 0.3) is 0 Å². The largest absolute Gasteiger partial charge is 0.479 e. The van der Waals surface area contributed by atoms with E-state index in [1.54, 1.807) is 34.2 Å². The summed E-state index contributed by atoms with van der Waals surface area (Å²) in [5.41, 5.74) is 0.883. The molecule has 6 unspecified atom stereocenters. The van der Waals surface area contributed by atoms with E-state index < -0.39 is 36.6 Å². The number of thiophene rings is 1. The number of rotatable bonds is 8. The van der Waals surface area contributed by atoms with Crippen molar-refractivity contribution in [2.24, 2.45) is 7.05 Å². The van der Waals surface area contributed by atoms with Crippen LogP contribution in [0.5, 0.6) is 0 Å². The van der Waals surface area contributed by atoms with Gasteiger partial charge in [-0.1, -0.05) is 6.07 Å². The van der Waals surface area contributed by atoms with Gasteiger partial charge < -0.3 is 29.9 Å². The van der Waals surface area contributed by atoms with Gasteiger partial charge in [-0.2, -0.15) is 5.10 Å². The summed E-state index contributed by atoms with van der Waals surface area (Å²) in [5.74, 6) is -1.41. The summed E-state index contributed by atoms with van der Waals surface area (Å²) in [5, 5.41) is 45.3. The number of carboxylic acids is 1. The van der Waals surface area contributed by atoms with Crippen molar-refractivity contribution in [3.05, 3.63) is 40.3 Å². The predicted octanol–water partition coefficient (Wildman–Crippen LogP) is -0.588. The number of carboxylic acid groups (broad SMARTS) is 1. The molecule has 0 spiro atoms. The molecule has 0 bridgehead atoms. The van der Waals surface area contributed by atoms with Crippen LogP contribution < -0.4 is 0 Å². The van der Waals surface area contributed by atoms with Crippen LogP contribution in [-0.4, -0.2) is 91.9 Å². The molecule has 3 heterocycles. The number of nitrogens with zero attached hydrogens (tertiary/aromatic N) is 3. The average Bonchev–Trinajstić information content (AvgIpc) is 3.35. The van der Waals surface area contributed by atoms with Gasteiger partial charge >= 0.3 is 5.97 Å². The van der Waals surface area contributed by atoms with E-state index in [1.165, 1.54) is 0 Å². The zero-order valence-corrected chi connectivity index (χ0v) is 16.8. The summed E-state index contributed by atoms with van der Waals surface area (Å²) < 4.78 is 13.1. The maximum atomic E-state index is 11.3. The zero-order chi connectivity index (χ0) is 21.1. The quantitative estimate of drug-likeness (QED) is 0.436. The maximum Gasteiger partial charge on any atom is 0.335 e. The van der Waals surface area contributed by atoms with Gasteiger partial charge in [-0.3, -0.25) is 9.58 Å². The molecule has 0 saturated carbocycles. The van der Waals surface area contributed by atoms with Gasteiger partial charge in [0.2, 0.25) is 0 Å². The van der Waals surface area contributed by atoms with Crippen LogP contribution in [0.1, 0.15) is 16.7 Å². The van der Waals surface area contributed by atoms with Gasteiger partial charge in [0, 0.05) is 24.7 Å². The fourth-order valence-electron chi connectivity index (χ4n) is 3.27. The highest BCUT2D eigenvalue weighted by Crippen LogP contribution is 2.29. The third-order valence-electron chi connectivity index (χ3n) is 4.92. The third kappa shape index (κ3) is 4.67. The lowest BCUT2D eigenvalue weighted by molar-refractivity contribution is -0.257. The molecule has 1 fully saturated rings. The van der Waals surface area contributed by atoms with Gasteiger partial charge in [0.25, 0.3) is 0 Å². The van der Waals surface area contributed by atoms with Crippen LogP contribution in [-0.2, 0) is 21.3 Å². The number of aliphatic carboxylic acids is 1. The Hall–Kier alpha value is -1.86. The van der Waals surface area contributed by atoms with E-state index in [0.29, 0.717) is 0 Å². The molecule has 4 N–H and O–H groups in total. The summed E-state index contributed by atoms with van der Waals surface area (Å²) >= 11 is 1.56. The molecular weight excluding hydrogens is 402 g/mol. The maximum absolute atomic E-state index is 11.3. The van der Waals surface area contributed by atoms with Crippen LogP contribution in [0, 0.1) is 0 Å². The molecule has 1 aliphatic heterocycles. The summed E-state index contributed by atoms with van der Waals surface area (Å²) in [6.45, 7) is 0.532. The molecule has 0 aromatic carbocycles. The fourth-order valence-corrected chi connectivity index (χ4v) is 4.05. The van der Waals surface area contributed by atoms with E-state index in [2.05, 4.69) is 5.10 Å². The Morgan fingerprint density at radius 3 is 2.69 bits per heavy atom. The number of carbonyl (C=O) groups is 1. The number of ether oxygens (including phenoxy) is 2. The summed E-state index contributed by atoms with van der Waals surface area (Å²) in [6.07, 6.45) is -6.17. The SMILES string of the molecule is CN(CCOC(c1cccs1)c1ccnn1C)C1OC(C(=O)O)C(O)C(O)C1O. The number of aryl methyl sites for hydroxylation is 1. The van der Waals surface area contributed by atoms with Gasteiger partial charge in [0.05, 0.1) is 12.3 Å². The second-order valence-corrected chi connectivity index (χ2v) is 7.86. The smallest absolute Gasteiger partial charge is 0.335 e. The average molecular weight is 427 g/mol. The van der Waals surface area contributed by atoms with Crippen molar-refractivity contribution in [3.63, 3.8) is 0 Å². The number of hydrogen-bond donors (Lipinski definition) is 4. The Balaban J connectivity index is 1.64. The summed E-state index contributed by atoms with van der Waals surface area (Å²) in [4.78, 5) is 13.8. The number of aliphatic hydroxyl groups excluding tert-OH is 3. The molecule has 2 aromatic heterocycles. The fraction of sp³-hybridized carbons (Fsp3) is 0.556. The van der Waals surface area contributed by atoms with Crippen molar-refractivity contribution >= 4 is 17.3 Å².